The molecule has 1 saturated heterocycles. The highest BCUT2D eigenvalue weighted by Crippen LogP contribution is 2.33. The summed E-state index contributed by atoms with van der Waals surface area (Å²) in [6, 6.07) is 0. The van der Waals surface area contributed by atoms with Gasteiger partial charge in [-0.15, -0.1) is 0 Å². The zero-order valence-electron chi connectivity index (χ0n) is 9.07. The lowest BCUT2D eigenvalue weighted by atomic mass is 9.75. The van der Waals surface area contributed by atoms with E-state index in [1.165, 1.54) is 0 Å². The number of aliphatic hydroxyl groups is 1. The Bertz CT molecular complexity index is 213. The molecule has 88 valence electrons. The van der Waals surface area contributed by atoms with Gasteiger partial charge in [0, 0.05) is 25.2 Å². The zero-order chi connectivity index (χ0) is 11.3. The Morgan fingerprint density at radius 3 is 2.67 bits per heavy atom. The minimum atomic E-state index is -1.13. The third-order valence-corrected chi connectivity index (χ3v) is 2.99. The maximum Gasteiger partial charge on any atom is 0.335 e. The van der Waals surface area contributed by atoms with E-state index in [4.69, 9.17) is 15.2 Å². The summed E-state index contributed by atoms with van der Waals surface area (Å²) in [4.78, 5) is 11.4. The van der Waals surface area contributed by atoms with Crippen LogP contribution in [0.2, 0.25) is 0 Å². The minimum Gasteiger partial charge on any atom is -0.464 e. The molecule has 5 nitrogen and oxygen atoms in total. The molecule has 0 aromatic carbocycles. The molecule has 1 heterocycles. The van der Waals surface area contributed by atoms with Crippen LogP contribution in [0, 0.1) is 5.41 Å². The molecule has 15 heavy (non-hydrogen) atoms. The molecule has 0 amide bonds. The van der Waals surface area contributed by atoms with Crippen molar-refractivity contribution < 1.29 is 19.4 Å². The summed E-state index contributed by atoms with van der Waals surface area (Å²) in [6.07, 6.45) is 0.0683. The van der Waals surface area contributed by atoms with Gasteiger partial charge >= 0.3 is 5.97 Å². The average molecular weight is 217 g/mol. The van der Waals surface area contributed by atoms with E-state index in [1.54, 1.807) is 6.92 Å². The predicted octanol–water partition coefficient (Wildman–Crippen LogP) is -0.334. The predicted molar refractivity (Wildman–Crippen MR) is 54.2 cm³/mol. The Labute approximate surface area is 89.5 Å². The van der Waals surface area contributed by atoms with E-state index < -0.39 is 17.5 Å². The van der Waals surface area contributed by atoms with Crippen molar-refractivity contribution in [2.45, 2.75) is 25.9 Å². The molecule has 1 fully saturated rings. The van der Waals surface area contributed by atoms with Crippen molar-refractivity contribution >= 4 is 5.97 Å². The summed E-state index contributed by atoms with van der Waals surface area (Å²) >= 11 is 0. The number of rotatable bonds is 4. The van der Waals surface area contributed by atoms with Crippen molar-refractivity contribution in [1.29, 1.82) is 0 Å². The first-order chi connectivity index (χ1) is 7.16. The second-order valence-electron chi connectivity index (χ2n) is 3.83. The van der Waals surface area contributed by atoms with Gasteiger partial charge in [0.25, 0.3) is 0 Å². The molecule has 0 aromatic rings. The lowest BCUT2D eigenvalue weighted by molar-refractivity contribution is -0.165. The highest BCUT2D eigenvalue weighted by molar-refractivity contribution is 5.75. The van der Waals surface area contributed by atoms with E-state index in [-0.39, 0.29) is 13.2 Å². The summed E-state index contributed by atoms with van der Waals surface area (Å²) < 4.78 is 10.00. The second kappa shape index (κ2) is 5.44. The van der Waals surface area contributed by atoms with Gasteiger partial charge in [-0.3, -0.25) is 0 Å². The molecule has 0 aliphatic carbocycles. The number of carbonyl (C=O) groups is 1. The molecular formula is C10H19NO4. The first-order valence-corrected chi connectivity index (χ1v) is 5.29. The molecule has 1 unspecified atom stereocenters. The number of nitrogens with two attached hydrogens (primary N) is 1. The lowest BCUT2D eigenvalue weighted by Crippen LogP contribution is -2.50. The average Bonchev–Trinajstić information content (AvgIpc) is 2.29. The Morgan fingerprint density at radius 2 is 2.20 bits per heavy atom. The number of hydrogen-bond donors (Lipinski definition) is 2. The molecule has 3 N–H and O–H groups in total. The van der Waals surface area contributed by atoms with Gasteiger partial charge in [0.1, 0.15) is 0 Å². The zero-order valence-corrected chi connectivity index (χ0v) is 9.07. The second-order valence-corrected chi connectivity index (χ2v) is 3.83. The Hall–Kier alpha value is -0.650. The van der Waals surface area contributed by atoms with Crippen LogP contribution >= 0.6 is 0 Å². The van der Waals surface area contributed by atoms with Crippen LogP contribution in [0.3, 0.4) is 0 Å². The van der Waals surface area contributed by atoms with Crippen LogP contribution < -0.4 is 5.73 Å². The van der Waals surface area contributed by atoms with Crippen LogP contribution in [0.25, 0.3) is 0 Å². The summed E-state index contributed by atoms with van der Waals surface area (Å²) in [7, 11) is 0. The van der Waals surface area contributed by atoms with Crippen LogP contribution in [0.5, 0.6) is 0 Å². The SMILES string of the molecule is CCOC(=O)C(O)C1(CN)CCOCC1. The number of esters is 1. The van der Waals surface area contributed by atoms with E-state index in [1.807, 2.05) is 0 Å². The molecular weight excluding hydrogens is 198 g/mol. The van der Waals surface area contributed by atoms with E-state index >= 15 is 0 Å². The quantitative estimate of drug-likeness (QED) is 0.630. The minimum absolute atomic E-state index is 0.271. The molecule has 0 bridgehead atoms. The van der Waals surface area contributed by atoms with Crippen molar-refractivity contribution in [2.75, 3.05) is 26.4 Å². The van der Waals surface area contributed by atoms with E-state index in [0.29, 0.717) is 26.1 Å². The van der Waals surface area contributed by atoms with Crippen molar-refractivity contribution in [2.24, 2.45) is 11.1 Å². The first-order valence-electron chi connectivity index (χ1n) is 5.29. The molecule has 0 spiro atoms. The van der Waals surface area contributed by atoms with Gasteiger partial charge in [-0.25, -0.2) is 4.79 Å². The van der Waals surface area contributed by atoms with Gasteiger partial charge in [-0.2, -0.15) is 0 Å². The van der Waals surface area contributed by atoms with Crippen molar-refractivity contribution in [1.82, 2.24) is 0 Å². The number of hydrogen-bond acceptors (Lipinski definition) is 5. The van der Waals surface area contributed by atoms with E-state index in [2.05, 4.69) is 0 Å². The van der Waals surface area contributed by atoms with Gasteiger partial charge in [0.2, 0.25) is 0 Å². The van der Waals surface area contributed by atoms with Crippen LogP contribution in [-0.4, -0.2) is 43.5 Å². The summed E-state index contributed by atoms with van der Waals surface area (Å²) in [5.41, 5.74) is 5.08. The van der Waals surface area contributed by atoms with Gasteiger partial charge in [-0.1, -0.05) is 0 Å². The fourth-order valence-electron chi connectivity index (χ4n) is 1.84. The fraction of sp³-hybridized carbons (Fsp3) is 0.900. The van der Waals surface area contributed by atoms with Crippen molar-refractivity contribution in [3.05, 3.63) is 0 Å². The fourth-order valence-corrected chi connectivity index (χ4v) is 1.84. The van der Waals surface area contributed by atoms with Gasteiger partial charge in [0.05, 0.1) is 6.61 Å². The summed E-state index contributed by atoms with van der Waals surface area (Å²) in [6.45, 7) is 3.33. The molecule has 5 heteroatoms. The lowest BCUT2D eigenvalue weighted by Gasteiger charge is -2.38. The maximum atomic E-state index is 11.4. The highest BCUT2D eigenvalue weighted by Gasteiger charge is 2.43. The third kappa shape index (κ3) is 2.68. The number of carbonyl (C=O) groups excluding carboxylic acids is 1. The van der Waals surface area contributed by atoms with Crippen molar-refractivity contribution in [3.8, 4) is 0 Å². The third-order valence-electron chi connectivity index (χ3n) is 2.99. The Morgan fingerprint density at radius 1 is 1.60 bits per heavy atom. The Balaban J connectivity index is 2.66. The van der Waals surface area contributed by atoms with E-state index in [0.717, 1.165) is 0 Å². The molecule has 1 rings (SSSR count). The summed E-state index contributed by atoms with van der Waals surface area (Å²) in [5, 5.41) is 9.91. The first kappa shape index (κ1) is 12.4. The van der Waals surface area contributed by atoms with Crippen LogP contribution in [0.15, 0.2) is 0 Å². The van der Waals surface area contributed by atoms with E-state index in [9.17, 15) is 9.90 Å². The molecule has 0 saturated carbocycles. The van der Waals surface area contributed by atoms with Gasteiger partial charge < -0.3 is 20.3 Å². The van der Waals surface area contributed by atoms with Crippen LogP contribution in [0.1, 0.15) is 19.8 Å². The monoisotopic (exact) mass is 217 g/mol. The maximum absolute atomic E-state index is 11.4. The molecule has 1 aliphatic heterocycles. The van der Waals surface area contributed by atoms with Gasteiger partial charge in [0.15, 0.2) is 6.10 Å². The molecule has 0 radical (unpaired) electrons. The molecule has 0 aromatic heterocycles. The number of ether oxygens (including phenoxy) is 2. The smallest absolute Gasteiger partial charge is 0.335 e. The topological polar surface area (TPSA) is 81.8 Å². The molecule has 1 atom stereocenters. The van der Waals surface area contributed by atoms with Crippen molar-refractivity contribution in [3.63, 3.8) is 0 Å². The Kier molecular flexibility index (Phi) is 4.50. The van der Waals surface area contributed by atoms with Gasteiger partial charge in [-0.05, 0) is 19.8 Å². The molecule has 1 aliphatic rings. The summed E-state index contributed by atoms with van der Waals surface area (Å²) in [5.74, 6) is -0.579. The highest BCUT2D eigenvalue weighted by atomic mass is 16.5. The largest absolute Gasteiger partial charge is 0.464 e. The standard InChI is InChI=1S/C10H19NO4/c1-2-15-9(13)8(12)10(7-11)3-5-14-6-4-10/h8,12H,2-7,11H2,1H3. The number of aliphatic hydroxyl groups excluding tert-OH is 1. The van der Waals surface area contributed by atoms with Crippen LogP contribution in [-0.2, 0) is 14.3 Å². The van der Waals surface area contributed by atoms with Crippen LogP contribution in [0.4, 0.5) is 0 Å². The normalized spacial score (nSPS) is 22.1.